The molecule has 0 saturated heterocycles. The number of nitrogens with zero attached hydrogens (tertiary/aromatic N) is 2. The number of rotatable bonds is 11. The van der Waals surface area contributed by atoms with Crippen molar-refractivity contribution in [2.24, 2.45) is 5.92 Å². The summed E-state index contributed by atoms with van der Waals surface area (Å²) in [5.41, 5.74) is 10.8. The van der Waals surface area contributed by atoms with Gasteiger partial charge in [-0.2, -0.15) is 0 Å². The number of anilines is 2. The van der Waals surface area contributed by atoms with Crippen molar-refractivity contribution < 1.29 is 17.4 Å². The highest BCUT2D eigenvalue weighted by molar-refractivity contribution is 7.92. The fraction of sp³-hybridized carbons (Fsp3) is 0.226. The molecule has 206 valence electrons. The molecule has 0 bridgehead atoms. The number of hydrogen-bond acceptors (Lipinski definition) is 7. The normalized spacial score (nSPS) is 12.3. The molecular weight excluding hydrogens is 524 g/mol. The monoisotopic (exact) mass is 556 g/mol. The molecule has 5 rings (SSSR count). The Morgan fingerprint density at radius 1 is 1.00 bits per heavy atom. The Labute approximate surface area is 234 Å². The molecule has 5 aromatic rings. The molecule has 2 aromatic heterocycles. The Hall–Kier alpha value is -4.37. The Morgan fingerprint density at radius 3 is 2.50 bits per heavy atom. The maximum Gasteiger partial charge on any atom is 0.264 e. The smallest absolute Gasteiger partial charge is 0.264 e. The fourth-order valence-electron chi connectivity index (χ4n) is 4.84. The average Bonchev–Trinajstić information content (AvgIpc) is 3.60. The Bertz CT molecular complexity index is 1680. The molecule has 8 nitrogen and oxygen atoms in total. The highest BCUT2D eigenvalue weighted by atomic mass is 32.2. The van der Waals surface area contributed by atoms with Gasteiger partial charge in [-0.05, 0) is 67.0 Å². The molecule has 0 saturated carbocycles. The molecular formula is C31H32N4O4S. The maximum absolute atomic E-state index is 13.6. The molecule has 40 heavy (non-hydrogen) atoms. The van der Waals surface area contributed by atoms with Gasteiger partial charge in [0, 0.05) is 11.1 Å². The second kappa shape index (κ2) is 11.8. The van der Waals surface area contributed by atoms with E-state index in [0.29, 0.717) is 22.9 Å². The number of nitrogens with two attached hydrogens (primary N) is 1. The first-order chi connectivity index (χ1) is 19.3. The SMILES string of the molecule is Cc1c(N)noc1NS(=O)(=O)c1ccccc1-c1ccc(-c2ncco2)cc1CC(C)CCCc1ccccc1. The summed E-state index contributed by atoms with van der Waals surface area (Å²) in [6.07, 6.45) is 7.03. The van der Waals surface area contributed by atoms with Crippen molar-refractivity contribution in [2.75, 3.05) is 10.5 Å². The molecule has 0 aliphatic carbocycles. The average molecular weight is 557 g/mol. The molecule has 3 N–H and O–H groups in total. The number of hydrogen-bond donors (Lipinski definition) is 2. The molecule has 9 heteroatoms. The summed E-state index contributed by atoms with van der Waals surface area (Å²) in [4.78, 5) is 4.44. The van der Waals surface area contributed by atoms with E-state index >= 15 is 0 Å². The van der Waals surface area contributed by atoms with E-state index in [9.17, 15) is 8.42 Å². The maximum atomic E-state index is 13.6. The third-order valence-electron chi connectivity index (χ3n) is 7.01. The standard InChI is InChI=1S/C31H32N4O4S/c1-21(9-8-12-23-10-4-3-5-11-23)19-25-20-24(31-33-17-18-38-31)15-16-26(25)27-13-6-7-14-28(27)40(36,37)35-30-22(2)29(32)34-39-30/h3-7,10-11,13-18,20-21,35H,8-9,12,19H2,1-2H3,(H2,32,34). The summed E-state index contributed by atoms with van der Waals surface area (Å²) in [6, 6.07) is 23.3. The number of nitrogens with one attached hydrogen (secondary N) is 1. The molecule has 0 spiro atoms. The molecule has 2 heterocycles. The van der Waals surface area contributed by atoms with Crippen LogP contribution in [0.1, 0.15) is 36.5 Å². The van der Waals surface area contributed by atoms with Crippen molar-refractivity contribution in [1.29, 1.82) is 0 Å². The van der Waals surface area contributed by atoms with Crippen molar-refractivity contribution in [3.05, 3.63) is 102 Å². The van der Waals surface area contributed by atoms with Crippen molar-refractivity contribution in [2.45, 2.75) is 44.4 Å². The van der Waals surface area contributed by atoms with Crippen molar-refractivity contribution in [3.63, 3.8) is 0 Å². The Balaban J connectivity index is 1.47. The molecule has 1 atom stereocenters. The van der Waals surface area contributed by atoms with Crippen LogP contribution in [0.15, 0.2) is 99.1 Å². The molecule has 3 aromatic carbocycles. The van der Waals surface area contributed by atoms with Crippen LogP contribution in [0.25, 0.3) is 22.6 Å². The minimum atomic E-state index is -4.01. The van der Waals surface area contributed by atoms with E-state index in [2.05, 4.69) is 46.1 Å². The van der Waals surface area contributed by atoms with Crippen LogP contribution in [0.4, 0.5) is 11.7 Å². The summed E-state index contributed by atoms with van der Waals surface area (Å²) in [5.74, 6) is 1.02. The van der Waals surface area contributed by atoms with Crippen molar-refractivity contribution >= 4 is 21.7 Å². The van der Waals surface area contributed by atoms with Gasteiger partial charge in [0.2, 0.25) is 11.8 Å². The lowest BCUT2D eigenvalue weighted by molar-refractivity contribution is 0.438. The van der Waals surface area contributed by atoms with E-state index in [1.54, 1.807) is 31.5 Å². The van der Waals surface area contributed by atoms with Gasteiger partial charge in [0.25, 0.3) is 10.0 Å². The van der Waals surface area contributed by atoms with Crippen LogP contribution >= 0.6 is 0 Å². The molecule has 0 aliphatic rings. The van der Waals surface area contributed by atoms with E-state index in [4.69, 9.17) is 14.7 Å². The van der Waals surface area contributed by atoms with E-state index in [0.717, 1.165) is 42.4 Å². The lowest BCUT2D eigenvalue weighted by atomic mass is 9.89. The third kappa shape index (κ3) is 6.10. The third-order valence-corrected chi connectivity index (χ3v) is 8.40. The summed E-state index contributed by atoms with van der Waals surface area (Å²) in [7, 11) is -4.01. The van der Waals surface area contributed by atoms with Crippen LogP contribution in [0.2, 0.25) is 0 Å². The predicted octanol–water partition coefficient (Wildman–Crippen LogP) is 6.89. The first kappa shape index (κ1) is 27.2. The van der Waals surface area contributed by atoms with Gasteiger partial charge in [0.05, 0.1) is 16.7 Å². The van der Waals surface area contributed by atoms with E-state index < -0.39 is 10.0 Å². The highest BCUT2D eigenvalue weighted by Gasteiger charge is 2.24. The minimum Gasteiger partial charge on any atom is -0.445 e. The molecule has 1 unspecified atom stereocenters. The lowest BCUT2D eigenvalue weighted by Crippen LogP contribution is -2.14. The number of aromatic nitrogens is 2. The number of sulfonamides is 1. The lowest BCUT2D eigenvalue weighted by Gasteiger charge is -2.18. The topological polar surface area (TPSA) is 124 Å². The van der Waals surface area contributed by atoms with Gasteiger partial charge >= 0.3 is 0 Å². The second-order valence-corrected chi connectivity index (χ2v) is 11.7. The number of benzene rings is 3. The highest BCUT2D eigenvalue weighted by Crippen LogP contribution is 2.35. The zero-order chi connectivity index (χ0) is 28.1. The van der Waals surface area contributed by atoms with E-state index in [-0.39, 0.29) is 16.6 Å². The number of nitrogen functional groups attached to an aromatic ring is 1. The van der Waals surface area contributed by atoms with Gasteiger partial charge in [-0.1, -0.05) is 73.1 Å². The van der Waals surface area contributed by atoms with Crippen LogP contribution in [-0.2, 0) is 22.9 Å². The first-order valence-corrected chi connectivity index (χ1v) is 14.7. The van der Waals surface area contributed by atoms with Crippen LogP contribution in [-0.4, -0.2) is 18.6 Å². The predicted molar refractivity (Wildman–Crippen MR) is 156 cm³/mol. The van der Waals surface area contributed by atoms with Gasteiger partial charge in [-0.3, -0.25) is 0 Å². The zero-order valence-electron chi connectivity index (χ0n) is 22.5. The van der Waals surface area contributed by atoms with E-state index in [1.165, 1.54) is 5.56 Å². The molecule has 0 amide bonds. The first-order valence-electron chi connectivity index (χ1n) is 13.2. The summed E-state index contributed by atoms with van der Waals surface area (Å²) < 4.78 is 40.3. The van der Waals surface area contributed by atoms with Gasteiger partial charge in [0.15, 0.2) is 5.82 Å². The fourth-order valence-corrected chi connectivity index (χ4v) is 6.11. The number of oxazole rings is 1. The Kier molecular flexibility index (Phi) is 8.02. The zero-order valence-corrected chi connectivity index (χ0v) is 23.3. The Morgan fingerprint density at radius 2 is 1.77 bits per heavy atom. The molecule has 0 radical (unpaired) electrons. The molecule has 0 aliphatic heterocycles. The van der Waals surface area contributed by atoms with Gasteiger partial charge in [-0.25, -0.2) is 18.1 Å². The number of aryl methyl sites for hydroxylation is 1. The van der Waals surface area contributed by atoms with Gasteiger partial charge in [-0.15, -0.1) is 0 Å². The quantitative estimate of drug-likeness (QED) is 0.181. The van der Waals surface area contributed by atoms with Gasteiger partial charge in [0.1, 0.15) is 6.26 Å². The molecule has 0 fully saturated rings. The van der Waals surface area contributed by atoms with E-state index in [1.807, 2.05) is 36.4 Å². The largest absolute Gasteiger partial charge is 0.445 e. The van der Waals surface area contributed by atoms with Crippen LogP contribution < -0.4 is 10.5 Å². The second-order valence-electron chi connectivity index (χ2n) is 10.0. The minimum absolute atomic E-state index is 0.00111. The summed E-state index contributed by atoms with van der Waals surface area (Å²) in [5, 5.41) is 3.66. The van der Waals surface area contributed by atoms with Crippen LogP contribution in [0.5, 0.6) is 0 Å². The summed E-state index contributed by atoms with van der Waals surface area (Å²) >= 11 is 0. The summed E-state index contributed by atoms with van der Waals surface area (Å²) in [6.45, 7) is 3.88. The van der Waals surface area contributed by atoms with Crippen molar-refractivity contribution in [1.82, 2.24) is 10.1 Å². The van der Waals surface area contributed by atoms with Gasteiger partial charge < -0.3 is 14.7 Å². The van der Waals surface area contributed by atoms with Crippen molar-refractivity contribution in [3.8, 4) is 22.6 Å². The van der Waals surface area contributed by atoms with Crippen LogP contribution in [0.3, 0.4) is 0 Å². The van der Waals surface area contributed by atoms with Crippen LogP contribution in [0, 0.1) is 12.8 Å².